The van der Waals surface area contributed by atoms with Gasteiger partial charge in [0.2, 0.25) is 0 Å². The Kier molecular flexibility index (Phi) is 8.57. The molecule has 1 aliphatic heterocycles. The number of nitrogens with two attached hydrogens (primary N) is 1. The number of para-hydroxylation sites is 1. The van der Waals surface area contributed by atoms with Crippen LogP contribution < -0.4 is 21.5 Å². The fourth-order valence-corrected chi connectivity index (χ4v) is 6.55. The lowest BCUT2D eigenvalue weighted by Gasteiger charge is -2.30. The maximum absolute atomic E-state index is 14.4. The highest BCUT2D eigenvalue weighted by Gasteiger charge is 2.24. The fourth-order valence-electron chi connectivity index (χ4n) is 5.76. The molecular weight excluding hydrogens is 604 g/mol. The minimum absolute atomic E-state index is 0.0603. The van der Waals surface area contributed by atoms with Gasteiger partial charge in [-0.15, -0.1) is 0 Å². The van der Waals surface area contributed by atoms with Crippen LogP contribution >= 0.6 is 0 Å². The van der Waals surface area contributed by atoms with E-state index in [0.717, 1.165) is 11.1 Å². The molecule has 2 aromatic heterocycles. The number of benzene rings is 3. The molecule has 12 heteroatoms. The van der Waals surface area contributed by atoms with Gasteiger partial charge in [0.1, 0.15) is 0 Å². The van der Waals surface area contributed by atoms with Gasteiger partial charge >= 0.3 is 0 Å². The van der Waals surface area contributed by atoms with Gasteiger partial charge in [-0.05, 0) is 48.2 Å². The predicted octanol–water partition coefficient (Wildman–Crippen LogP) is 3.90. The van der Waals surface area contributed by atoms with E-state index in [4.69, 9.17) is 10.5 Å². The van der Waals surface area contributed by atoms with Gasteiger partial charge in [-0.1, -0.05) is 48.5 Å². The van der Waals surface area contributed by atoms with Crippen LogP contribution in [0.15, 0.2) is 89.9 Å². The van der Waals surface area contributed by atoms with E-state index in [1.54, 1.807) is 35.8 Å². The van der Waals surface area contributed by atoms with E-state index < -0.39 is 21.8 Å². The first-order chi connectivity index (χ1) is 22.1. The lowest BCUT2D eigenvalue weighted by atomic mass is 10.0. The molecule has 0 unspecified atom stereocenters. The second kappa shape index (κ2) is 12.7. The highest BCUT2D eigenvalue weighted by molar-refractivity contribution is 7.89. The van der Waals surface area contributed by atoms with E-state index in [-0.39, 0.29) is 22.8 Å². The van der Waals surface area contributed by atoms with Gasteiger partial charge in [0.25, 0.3) is 11.5 Å². The molecule has 0 bridgehead atoms. The Morgan fingerprint density at radius 3 is 2.50 bits per heavy atom. The number of hydrogen-bond acceptors (Lipinski definition) is 9. The maximum atomic E-state index is 14.4. The van der Waals surface area contributed by atoms with Gasteiger partial charge in [0.15, 0.2) is 21.3 Å². The SMILES string of the molecule is C[C@H](NC(=O)c1nc(-c2cccc(CS(C)(=O)=O)c2)cnc1N)c1cc2cccc(N3CCOCC3)c2c(=O)n1-c1ccccc1. The van der Waals surface area contributed by atoms with Crippen molar-refractivity contribution in [2.75, 3.05) is 43.2 Å². The van der Waals surface area contributed by atoms with Crippen molar-refractivity contribution in [3.63, 3.8) is 0 Å². The summed E-state index contributed by atoms with van der Waals surface area (Å²) in [6.07, 6.45) is 2.61. The van der Waals surface area contributed by atoms with E-state index in [0.29, 0.717) is 59.9 Å². The van der Waals surface area contributed by atoms with Crippen molar-refractivity contribution < 1.29 is 17.9 Å². The average Bonchev–Trinajstić information content (AvgIpc) is 3.04. The molecule has 0 radical (unpaired) electrons. The number of ether oxygens (including phenoxy) is 1. The number of carbonyl (C=O) groups is 1. The monoisotopic (exact) mass is 638 g/mol. The second-order valence-corrected chi connectivity index (χ2v) is 13.5. The third kappa shape index (κ3) is 6.49. The molecule has 3 heterocycles. The number of rotatable bonds is 8. The molecule has 1 saturated heterocycles. The number of fused-ring (bicyclic) bond motifs is 1. The third-order valence-electron chi connectivity index (χ3n) is 7.88. The number of morpholine rings is 1. The van der Waals surface area contributed by atoms with Gasteiger partial charge in [-0.3, -0.25) is 14.2 Å². The molecular formula is C34H34N6O5S. The van der Waals surface area contributed by atoms with E-state index in [1.165, 1.54) is 12.5 Å². The molecule has 1 atom stereocenters. The van der Waals surface area contributed by atoms with Crippen molar-refractivity contribution >= 4 is 38.0 Å². The van der Waals surface area contributed by atoms with Gasteiger partial charge < -0.3 is 20.7 Å². The van der Waals surface area contributed by atoms with Crippen LogP contribution in [0.4, 0.5) is 11.5 Å². The standard InChI is InChI=1S/C34H34N6O5S/c1-22(37-33(41)31-32(35)36-20-27(38-31)24-9-6-8-23(18-24)21-46(2,43)44)29-19-25-10-7-13-28(39-14-16-45-17-15-39)30(25)34(42)40(29)26-11-4-3-5-12-26/h3-13,18-20,22H,14-17,21H2,1-2H3,(H2,35,36)(H,37,41)/t22-/m0/s1. The number of pyridine rings is 1. The summed E-state index contributed by atoms with van der Waals surface area (Å²) in [4.78, 5) is 38.9. The molecule has 1 aliphatic rings. The fraction of sp³-hybridized carbons (Fsp3) is 0.235. The Morgan fingerprint density at radius 2 is 1.76 bits per heavy atom. The largest absolute Gasteiger partial charge is 0.382 e. The second-order valence-electron chi connectivity index (χ2n) is 11.3. The zero-order chi connectivity index (χ0) is 32.4. The van der Waals surface area contributed by atoms with Gasteiger partial charge in [-0.25, -0.2) is 18.4 Å². The minimum Gasteiger partial charge on any atom is -0.382 e. The predicted molar refractivity (Wildman–Crippen MR) is 179 cm³/mol. The van der Waals surface area contributed by atoms with Crippen LogP contribution in [0, 0.1) is 0 Å². The molecule has 0 spiro atoms. The molecule has 5 aromatic rings. The summed E-state index contributed by atoms with van der Waals surface area (Å²) in [6.45, 7) is 4.34. The molecule has 11 nitrogen and oxygen atoms in total. The lowest BCUT2D eigenvalue weighted by Crippen LogP contribution is -2.37. The molecule has 3 N–H and O–H groups in total. The third-order valence-corrected chi connectivity index (χ3v) is 8.74. The van der Waals surface area contributed by atoms with Crippen molar-refractivity contribution in [1.29, 1.82) is 0 Å². The number of hydrogen-bond donors (Lipinski definition) is 2. The van der Waals surface area contributed by atoms with E-state index in [9.17, 15) is 18.0 Å². The Balaban J connectivity index is 1.38. The molecule has 236 valence electrons. The minimum atomic E-state index is -3.25. The summed E-state index contributed by atoms with van der Waals surface area (Å²) < 4.78 is 30.8. The molecule has 3 aromatic carbocycles. The number of nitrogen functional groups attached to an aromatic ring is 1. The van der Waals surface area contributed by atoms with Gasteiger partial charge in [0, 0.05) is 36.3 Å². The molecule has 1 amide bonds. The number of nitrogens with zero attached hydrogens (tertiary/aromatic N) is 4. The highest BCUT2D eigenvalue weighted by Crippen LogP contribution is 2.29. The number of sulfone groups is 1. The van der Waals surface area contributed by atoms with Crippen LogP contribution in [0.3, 0.4) is 0 Å². The topological polar surface area (TPSA) is 150 Å². The van der Waals surface area contributed by atoms with Crippen LogP contribution in [-0.2, 0) is 20.3 Å². The quantitative estimate of drug-likeness (QED) is 0.258. The van der Waals surface area contributed by atoms with Crippen molar-refractivity contribution in [3.8, 4) is 16.9 Å². The highest BCUT2D eigenvalue weighted by atomic mass is 32.2. The van der Waals surface area contributed by atoms with Crippen molar-refractivity contribution in [2.45, 2.75) is 18.7 Å². The Morgan fingerprint density at radius 1 is 1.02 bits per heavy atom. The van der Waals surface area contributed by atoms with Crippen LogP contribution in [0.5, 0.6) is 0 Å². The molecule has 0 saturated carbocycles. The first-order valence-electron chi connectivity index (χ1n) is 14.9. The van der Waals surface area contributed by atoms with Crippen molar-refractivity contribution in [3.05, 3.63) is 112 Å². The summed E-state index contributed by atoms with van der Waals surface area (Å²) in [6, 6.07) is 23.3. The smallest absolute Gasteiger partial charge is 0.274 e. The summed E-state index contributed by atoms with van der Waals surface area (Å²) in [5.74, 6) is -0.757. The molecule has 6 rings (SSSR count). The first kappa shape index (κ1) is 30.9. The van der Waals surface area contributed by atoms with E-state index in [1.807, 2.05) is 54.6 Å². The first-order valence-corrected chi connectivity index (χ1v) is 16.9. The van der Waals surface area contributed by atoms with E-state index >= 15 is 0 Å². The Hall–Kier alpha value is -5.07. The number of nitrogens with one attached hydrogen (secondary N) is 1. The Bertz CT molecular complexity index is 2090. The Labute approximate surface area is 266 Å². The average molecular weight is 639 g/mol. The number of aromatic nitrogens is 3. The maximum Gasteiger partial charge on any atom is 0.274 e. The van der Waals surface area contributed by atoms with Gasteiger partial charge in [0.05, 0.1) is 48.0 Å². The summed E-state index contributed by atoms with van der Waals surface area (Å²) in [7, 11) is -3.25. The van der Waals surface area contributed by atoms with E-state index in [2.05, 4.69) is 20.2 Å². The van der Waals surface area contributed by atoms with Crippen LogP contribution in [0.1, 0.15) is 34.7 Å². The molecule has 1 fully saturated rings. The van der Waals surface area contributed by atoms with Crippen molar-refractivity contribution in [2.24, 2.45) is 0 Å². The van der Waals surface area contributed by atoms with Crippen LogP contribution in [0.2, 0.25) is 0 Å². The number of anilines is 2. The number of carbonyl (C=O) groups excluding carboxylic acids is 1. The molecule has 46 heavy (non-hydrogen) atoms. The van der Waals surface area contributed by atoms with Crippen LogP contribution in [-0.4, -0.2) is 61.4 Å². The van der Waals surface area contributed by atoms with Gasteiger partial charge in [-0.2, -0.15) is 0 Å². The number of amides is 1. The van der Waals surface area contributed by atoms with Crippen molar-refractivity contribution in [1.82, 2.24) is 19.9 Å². The zero-order valence-corrected chi connectivity index (χ0v) is 26.3. The summed E-state index contributed by atoms with van der Waals surface area (Å²) in [5, 5.41) is 4.32. The van der Waals surface area contributed by atoms with Crippen LogP contribution in [0.25, 0.3) is 27.7 Å². The lowest BCUT2D eigenvalue weighted by molar-refractivity contribution is 0.0934. The summed E-state index contributed by atoms with van der Waals surface area (Å²) >= 11 is 0. The zero-order valence-electron chi connectivity index (χ0n) is 25.5. The summed E-state index contributed by atoms with van der Waals surface area (Å²) in [5.41, 5.74) is 9.48. The molecule has 0 aliphatic carbocycles. The normalized spacial score (nSPS) is 14.3.